The second-order valence-corrected chi connectivity index (χ2v) is 5.12. The van der Waals surface area contributed by atoms with Gasteiger partial charge in [0.15, 0.2) is 4.73 Å². The number of fused-ring (bicyclic) bond motifs is 1. The average Bonchev–Trinajstić information content (AvgIpc) is 2.41. The van der Waals surface area contributed by atoms with Crippen LogP contribution in [0.1, 0.15) is 19.9 Å². The number of hydrogen-bond acceptors (Lipinski definition) is 1. The molecule has 0 aliphatic rings. The van der Waals surface area contributed by atoms with E-state index in [0.717, 1.165) is 15.8 Å². The molecule has 0 aliphatic heterocycles. The molecule has 0 N–H and O–H groups in total. The molecule has 0 saturated heterocycles. The number of imidazole rings is 1. The summed E-state index contributed by atoms with van der Waals surface area (Å²) in [5.41, 5.74) is 1.84. The Bertz CT molecular complexity index is 520. The second kappa shape index (κ2) is 3.96. The van der Waals surface area contributed by atoms with Gasteiger partial charge >= 0.3 is 0 Å². The van der Waals surface area contributed by atoms with Crippen LogP contribution < -0.4 is 0 Å². The molecule has 0 aliphatic carbocycles. The molecule has 0 bridgehead atoms. The number of hydrogen-bond donors (Lipinski definition) is 0. The van der Waals surface area contributed by atoms with Crippen LogP contribution in [0.15, 0.2) is 16.9 Å². The van der Waals surface area contributed by atoms with Crippen molar-refractivity contribution in [3.63, 3.8) is 0 Å². The summed E-state index contributed by atoms with van der Waals surface area (Å²) in [5.74, 6) is 0. The first kappa shape index (κ1) is 11.2. The van der Waals surface area contributed by atoms with E-state index >= 15 is 0 Å². The summed E-state index contributed by atoms with van der Waals surface area (Å²) in [6, 6.07) is 3.95. The van der Waals surface area contributed by atoms with Crippen molar-refractivity contribution in [3.8, 4) is 0 Å². The van der Waals surface area contributed by atoms with Crippen molar-refractivity contribution in [1.82, 2.24) is 9.55 Å². The quantitative estimate of drug-likeness (QED) is 0.747. The van der Waals surface area contributed by atoms with Gasteiger partial charge in [0.2, 0.25) is 0 Å². The Labute approximate surface area is 106 Å². The normalized spacial score (nSPS) is 11.6. The van der Waals surface area contributed by atoms with E-state index in [1.165, 1.54) is 0 Å². The lowest BCUT2D eigenvalue weighted by Gasteiger charge is -2.09. The molecule has 15 heavy (non-hydrogen) atoms. The minimum atomic E-state index is 0.321. The van der Waals surface area contributed by atoms with Crippen molar-refractivity contribution in [3.05, 3.63) is 26.9 Å². The zero-order chi connectivity index (χ0) is 11.2. The zero-order valence-corrected chi connectivity index (χ0v) is 11.4. The topological polar surface area (TPSA) is 17.8 Å². The molecule has 1 heterocycles. The van der Waals surface area contributed by atoms with Crippen LogP contribution in [0.5, 0.6) is 0 Å². The van der Waals surface area contributed by atoms with Gasteiger partial charge in [-0.05, 0) is 41.9 Å². The van der Waals surface area contributed by atoms with Crippen LogP contribution in [0.3, 0.4) is 0 Å². The lowest BCUT2D eigenvalue weighted by molar-refractivity contribution is 0.604. The Kier molecular flexibility index (Phi) is 2.97. The van der Waals surface area contributed by atoms with E-state index in [0.29, 0.717) is 16.1 Å². The van der Waals surface area contributed by atoms with Crippen LogP contribution in [0, 0.1) is 0 Å². The summed E-state index contributed by atoms with van der Waals surface area (Å²) in [4.78, 5) is 4.37. The molecular weight excluding hydrogens is 299 g/mol. The fraction of sp³-hybridized carbons (Fsp3) is 0.300. The summed E-state index contributed by atoms with van der Waals surface area (Å²) in [6.45, 7) is 4.18. The highest BCUT2D eigenvalue weighted by atomic mass is 79.9. The molecule has 0 radical (unpaired) electrons. The van der Waals surface area contributed by atoms with Crippen LogP contribution in [0.2, 0.25) is 10.0 Å². The van der Waals surface area contributed by atoms with Crippen molar-refractivity contribution >= 4 is 50.2 Å². The molecule has 1 aromatic heterocycles. The minimum absolute atomic E-state index is 0.321. The van der Waals surface area contributed by atoms with E-state index < -0.39 is 0 Å². The standard InChI is InChI=1S/C10H9BrCl2N2/c1-5(2)15-9-4-7(13)6(12)3-8(9)14-10(15)11/h3-5H,1-2H3. The molecule has 2 nitrogen and oxygen atoms in total. The van der Waals surface area contributed by atoms with Gasteiger partial charge in [0.05, 0.1) is 21.1 Å². The molecule has 0 spiro atoms. The van der Waals surface area contributed by atoms with Crippen molar-refractivity contribution in [1.29, 1.82) is 0 Å². The van der Waals surface area contributed by atoms with Gasteiger partial charge in [-0.25, -0.2) is 4.98 Å². The van der Waals surface area contributed by atoms with Gasteiger partial charge in [0.1, 0.15) is 0 Å². The van der Waals surface area contributed by atoms with E-state index in [4.69, 9.17) is 23.2 Å². The number of aromatic nitrogens is 2. The molecule has 1 aromatic carbocycles. The van der Waals surface area contributed by atoms with Gasteiger partial charge in [0, 0.05) is 6.04 Å². The van der Waals surface area contributed by atoms with Crippen LogP contribution in [0.25, 0.3) is 11.0 Å². The Hall–Kier alpha value is -0.250. The van der Waals surface area contributed by atoms with E-state index in [1.54, 1.807) is 6.07 Å². The fourth-order valence-electron chi connectivity index (χ4n) is 1.55. The smallest absolute Gasteiger partial charge is 0.178 e. The maximum Gasteiger partial charge on any atom is 0.178 e. The van der Waals surface area contributed by atoms with Crippen molar-refractivity contribution < 1.29 is 0 Å². The number of halogens is 3. The average molecular weight is 308 g/mol. The van der Waals surface area contributed by atoms with E-state index in [9.17, 15) is 0 Å². The number of benzene rings is 1. The van der Waals surface area contributed by atoms with Crippen LogP contribution in [-0.2, 0) is 0 Å². The highest BCUT2D eigenvalue weighted by Gasteiger charge is 2.13. The van der Waals surface area contributed by atoms with Crippen LogP contribution in [-0.4, -0.2) is 9.55 Å². The molecule has 2 aromatic rings. The second-order valence-electron chi connectivity index (χ2n) is 3.60. The highest BCUT2D eigenvalue weighted by molar-refractivity contribution is 9.10. The molecule has 0 atom stereocenters. The Morgan fingerprint density at radius 2 is 1.87 bits per heavy atom. The highest BCUT2D eigenvalue weighted by Crippen LogP contribution is 2.31. The molecule has 0 amide bonds. The molecule has 0 unspecified atom stereocenters. The van der Waals surface area contributed by atoms with E-state index in [1.807, 2.05) is 6.07 Å². The summed E-state index contributed by atoms with van der Waals surface area (Å²) >= 11 is 15.3. The van der Waals surface area contributed by atoms with Crippen molar-refractivity contribution in [2.45, 2.75) is 19.9 Å². The van der Waals surface area contributed by atoms with Gasteiger partial charge in [-0.3, -0.25) is 0 Å². The molecular formula is C10H9BrCl2N2. The monoisotopic (exact) mass is 306 g/mol. The first-order chi connectivity index (χ1) is 7.00. The molecule has 80 valence electrons. The largest absolute Gasteiger partial charge is 0.316 e. The van der Waals surface area contributed by atoms with Gasteiger partial charge < -0.3 is 4.57 Å². The molecule has 5 heteroatoms. The third-order valence-electron chi connectivity index (χ3n) is 2.20. The first-order valence-corrected chi connectivity index (χ1v) is 6.08. The van der Waals surface area contributed by atoms with E-state index in [-0.39, 0.29) is 0 Å². The lowest BCUT2D eigenvalue weighted by atomic mass is 10.3. The van der Waals surface area contributed by atoms with Crippen LogP contribution in [0.4, 0.5) is 0 Å². The van der Waals surface area contributed by atoms with Gasteiger partial charge in [-0.2, -0.15) is 0 Å². The van der Waals surface area contributed by atoms with Gasteiger partial charge in [0.25, 0.3) is 0 Å². The molecule has 0 saturated carbocycles. The van der Waals surface area contributed by atoms with Crippen LogP contribution >= 0.6 is 39.1 Å². The van der Waals surface area contributed by atoms with Gasteiger partial charge in [-0.15, -0.1) is 0 Å². The Morgan fingerprint density at radius 1 is 1.27 bits per heavy atom. The summed E-state index contributed by atoms with van der Waals surface area (Å²) in [7, 11) is 0. The zero-order valence-electron chi connectivity index (χ0n) is 8.26. The summed E-state index contributed by atoms with van der Waals surface area (Å²) in [6.07, 6.45) is 0. The third kappa shape index (κ3) is 1.88. The minimum Gasteiger partial charge on any atom is -0.316 e. The Morgan fingerprint density at radius 3 is 2.47 bits per heavy atom. The predicted molar refractivity (Wildman–Crippen MR) is 67.8 cm³/mol. The summed E-state index contributed by atoms with van der Waals surface area (Å²) in [5, 5.41) is 1.09. The molecule has 0 fully saturated rings. The first-order valence-electron chi connectivity index (χ1n) is 4.53. The number of nitrogens with zero attached hydrogens (tertiary/aromatic N) is 2. The lowest BCUT2D eigenvalue weighted by Crippen LogP contribution is -2.00. The predicted octanol–water partition coefficient (Wildman–Crippen LogP) is 4.69. The maximum atomic E-state index is 5.99. The Balaban J connectivity index is 2.81. The summed E-state index contributed by atoms with van der Waals surface area (Å²) < 4.78 is 2.86. The van der Waals surface area contributed by atoms with E-state index in [2.05, 4.69) is 39.3 Å². The van der Waals surface area contributed by atoms with Crippen molar-refractivity contribution in [2.75, 3.05) is 0 Å². The number of rotatable bonds is 1. The van der Waals surface area contributed by atoms with Crippen molar-refractivity contribution in [2.24, 2.45) is 0 Å². The SMILES string of the molecule is CC(C)n1c(Br)nc2cc(Cl)c(Cl)cc21. The van der Waals surface area contributed by atoms with Gasteiger partial charge in [-0.1, -0.05) is 23.2 Å². The maximum absolute atomic E-state index is 5.99. The molecule has 2 rings (SSSR count). The third-order valence-corrected chi connectivity index (χ3v) is 3.49. The fourth-order valence-corrected chi connectivity index (χ4v) is 2.66.